The van der Waals surface area contributed by atoms with E-state index in [0.717, 1.165) is 0 Å². The number of amides is 2. The topological polar surface area (TPSA) is 69.6 Å². The number of hydrogen-bond acceptors (Lipinski definition) is 2. The van der Waals surface area contributed by atoms with Crippen LogP contribution in [-0.4, -0.2) is 30.2 Å². The molecule has 21 heavy (non-hydrogen) atoms. The van der Waals surface area contributed by atoms with Crippen molar-refractivity contribution in [1.82, 2.24) is 5.32 Å². The van der Waals surface area contributed by atoms with Gasteiger partial charge in [0, 0.05) is 18.8 Å². The molecule has 1 saturated carbocycles. The molecule has 2 amide bonds. The summed E-state index contributed by atoms with van der Waals surface area (Å²) in [5, 5.41) is 11.8. The van der Waals surface area contributed by atoms with Crippen molar-refractivity contribution in [1.29, 1.82) is 0 Å². The lowest BCUT2D eigenvalue weighted by Crippen LogP contribution is -2.45. The van der Waals surface area contributed by atoms with Gasteiger partial charge in [-0.15, -0.1) is 0 Å². The average Bonchev–Trinajstić information content (AvgIpc) is 2.47. The predicted octanol–water partition coefficient (Wildman–Crippen LogP) is 2.61. The number of nitrogens with one attached hydrogen (secondary N) is 1. The van der Waals surface area contributed by atoms with Gasteiger partial charge in [0.15, 0.2) is 0 Å². The van der Waals surface area contributed by atoms with E-state index in [-0.39, 0.29) is 23.8 Å². The van der Waals surface area contributed by atoms with Crippen LogP contribution in [0.5, 0.6) is 0 Å². The van der Waals surface area contributed by atoms with Crippen molar-refractivity contribution >= 4 is 17.7 Å². The highest BCUT2D eigenvalue weighted by Gasteiger charge is 2.27. The van der Waals surface area contributed by atoms with E-state index in [2.05, 4.69) is 5.32 Å². The number of hydrogen-bond donors (Lipinski definition) is 2. The Morgan fingerprint density at radius 3 is 2.29 bits per heavy atom. The van der Waals surface area contributed by atoms with Gasteiger partial charge in [0.1, 0.15) is 5.82 Å². The zero-order valence-corrected chi connectivity index (χ0v) is 11.9. The Morgan fingerprint density at radius 1 is 1.19 bits per heavy atom. The minimum absolute atomic E-state index is 0.00371. The van der Waals surface area contributed by atoms with Crippen molar-refractivity contribution in [3.05, 3.63) is 30.1 Å². The van der Waals surface area contributed by atoms with Gasteiger partial charge in [0.05, 0.1) is 5.92 Å². The molecule has 0 atom stereocenters. The summed E-state index contributed by atoms with van der Waals surface area (Å²) in [6.45, 7) is 0. The molecule has 5 nitrogen and oxygen atoms in total. The summed E-state index contributed by atoms with van der Waals surface area (Å²) in [6.07, 6.45) is 2.50. The van der Waals surface area contributed by atoms with Gasteiger partial charge >= 0.3 is 12.0 Å². The number of urea groups is 1. The van der Waals surface area contributed by atoms with Crippen molar-refractivity contribution in [2.45, 2.75) is 31.7 Å². The van der Waals surface area contributed by atoms with Crippen LogP contribution in [0.3, 0.4) is 0 Å². The van der Waals surface area contributed by atoms with Crippen LogP contribution < -0.4 is 10.2 Å². The number of carbonyl (C=O) groups excluding carboxylic acids is 1. The first kappa shape index (κ1) is 15.3. The number of rotatable bonds is 3. The molecule has 6 heteroatoms. The smallest absolute Gasteiger partial charge is 0.321 e. The number of carbonyl (C=O) groups is 2. The number of benzene rings is 1. The third-order valence-corrected chi connectivity index (χ3v) is 3.92. The Morgan fingerprint density at radius 2 is 1.76 bits per heavy atom. The van der Waals surface area contributed by atoms with Crippen LogP contribution in [0.4, 0.5) is 14.9 Å². The fourth-order valence-corrected chi connectivity index (χ4v) is 2.54. The monoisotopic (exact) mass is 294 g/mol. The lowest BCUT2D eigenvalue weighted by Gasteiger charge is -2.28. The third kappa shape index (κ3) is 3.93. The summed E-state index contributed by atoms with van der Waals surface area (Å²) < 4.78 is 12.9. The highest BCUT2D eigenvalue weighted by atomic mass is 19.1. The van der Waals surface area contributed by atoms with E-state index < -0.39 is 5.97 Å². The molecule has 0 radical (unpaired) electrons. The van der Waals surface area contributed by atoms with Crippen molar-refractivity contribution in [3.63, 3.8) is 0 Å². The first-order chi connectivity index (χ1) is 9.97. The molecule has 0 aliphatic heterocycles. The number of carboxylic acids is 1. The number of anilines is 1. The van der Waals surface area contributed by atoms with Crippen LogP contribution in [0.15, 0.2) is 24.3 Å². The summed E-state index contributed by atoms with van der Waals surface area (Å²) in [4.78, 5) is 24.4. The Kier molecular flexibility index (Phi) is 4.77. The molecule has 0 bridgehead atoms. The molecule has 0 aromatic heterocycles. The van der Waals surface area contributed by atoms with E-state index >= 15 is 0 Å². The maximum Gasteiger partial charge on any atom is 0.321 e. The first-order valence-corrected chi connectivity index (χ1v) is 7.00. The third-order valence-electron chi connectivity index (χ3n) is 3.92. The molecular weight excluding hydrogens is 275 g/mol. The highest BCUT2D eigenvalue weighted by Crippen LogP contribution is 2.24. The molecule has 1 aliphatic carbocycles. The van der Waals surface area contributed by atoms with Crippen LogP contribution in [0.2, 0.25) is 0 Å². The molecule has 0 heterocycles. The summed E-state index contributed by atoms with van der Waals surface area (Å²) in [5.74, 6) is -1.41. The van der Waals surface area contributed by atoms with Crippen LogP contribution in [0.25, 0.3) is 0 Å². The van der Waals surface area contributed by atoms with Gasteiger partial charge in [-0.05, 0) is 49.9 Å². The number of nitrogens with zero attached hydrogens (tertiary/aromatic N) is 1. The standard InChI is InChI=1S/C15H19FN2O3/c1-18(13-8-4-11(16)5-9-13)15(21)17-12-6-2-10(3-7-12)14(19)20/h4-5,8-10,12H,2-3,6-7H2,1H3,(H,17,21)(H,19,20). The van der Waals surface area contributed by atoms with Crippen LogP contribution >= 0.6 is 0 Å². The van der Waals surface area contributed by atoms with Gasteiger partial charge in [0.25, 0.3) is 0 Å². The molecule has 114 valence electrons. The normalized spacial score (nSPS) is 21.6. The van der Waals surface area contributed by atoms with E-state index in [1.807, 2.05) is 0 Å². The second kappa shape index (κ2) is 6.56. The zero-order valence-electron chi connectivity index (χ0n) is 11.9. The lowest BCUT2D eigenvalue weighted by molar-refractivity contribution is -0.142. The maximum atomic E-state index is 12.9. The fourth-order valence-electron chi connectivity index (χ4n) is 2.54. The molecule has 0 saturated heterocycles. The van der Waals surface area contributed by atoms with Crippen molar-refractivity contribution in [2.24, 2.45) is 5.92 Å². The van der Waals surface area contributed by atoms with Crippen molar-refractivity contribution in [3.8, 4) is 0 Å². The number of carboxylic acid groups (broad SMARTS) is 1. The minimum atomic E-state index is -0.761. The van der Waals surface area contributed by atoms with Crippen LogP contribution in [0, 0.1) is 11.7 Å². The van der Waals surface area contributed by atoms with Gasteiger partial charge in [-0.25, -0.2) is 9.18 Å². The van der Waals surface area contributed by atoms with Gasteiger partial charge in [-0.1, -0.05) is 0 Å². The van der Waals surface area contributed by atoms with Crippen LogP contribution in [-0.2, 0) is 4.79 Å². The number of halogens is 1. The van der Waals surface area contributed by atoms with E-state index in [9.17, 15) is 14.0 Å². The molecule has 2 N–H and O–H groups in total. The lowest BCUT2D eigenvalue weighted by atomic mass is 9.86. The van der Waals surface area contributed by atoms with Gasteiger partial charge < -0.3 is 10.4 Å². The first-order valence-electron chi connectivity index (χ1n) is 7.00. The second-order valence-electron chi connectivity index (χ2n) is 5.37. The van der Waals surface area contributed by atoms with Gasteiger partial charge in [0.2, 0.25) is 0 Å². The molecule has 1 aromatic rings. The average molecular weight is 294 g/mol. The summed E-state index contributed by atoms with van der Waals surface area (Å²) in [7, 11) is 1.62. The largest absolute Gasteiger partial charge is 0.481 e. The molecular formula is C15H19FN2O3. The molecule has 0 unspecified atom stereocenters. The maximum absolute atomic E-state index is 12.9. The summed E-state index contributed by atoms with van der Waals surface area (Å²) in [6, 6.07) is 5.41. The quantitative estimate of drug-likeness (QED) is 0.900. The van der Waals surface area contributed by atoms with Crippen LogP contribution in [0.1, 0.15) is 25.7 Å². The van der Waals surface area contributed by atoms with E-state index in [0.29, 0.717) is 31.4 Å². The Labute approximate surface area is 122 Å². The zero-order chi connectivity index (χ0) is 15.4. The number of aliphatic carboxylic acids is 1. The second-order valence-corrected chi connectivity index (χ2v) is 5.37. The Balaban J connectivity index is 1.87. The summed E-state index contributed by atoms with van der Waals surface area (Å²) in [5.41, 5.74) is 0.605. The van der Waals surface area contributed by atoms with Gasteiger partial charge in [-0.3, -0.25) is 9.69 Å². The summed E-state index contributed by atoms with van der Waals surface area (Å²) >= 11 is 0. The minimum Gasteiger partial charge on any atom is -0.481 e. The van der Waals surface area contributed by atoms with E-state index in [4.69, 9.17) is 5.11 Å². The highest BCUT2D eigenvalue weighted by molar-refractivity contribution is 5.91. The molecule has 0 spiro atoms. The molecule has 1 aliphatic rings. The van der Waals surface area contributed by atoms with Crippen molar-refractivity contribution in [2.75, 3.05) is 11.9 Å². The Bertz CT molecular complexity index is 510. The molecule has 2 rings (SSSR count). The van der Waals surface area contributed by atoms with Gasteiger partial charge in [-0.2, -0.15) is 0 Å². The Hall–Kier alpha value is -2.11. The molecule has 1 fully saturated rings. The van der Waals surface area contributed by atoms with E-state index in [1.54, 1.807) is 7.05 Å². The fraction of sp³-hybridized carbons (Fsp3) is 0.467. The van der Waals surface area contributed by atoms with Crippen molar-refractivity contribution < 1.29 is 19.1 Å². The molecule has 1 aromatic carbocycles. The SMILES string of the molecule is CN(C(=O)NC1CCC(C(=O)O)CC1)c1ccc(F)cc1. The predicted molar refractivity (Wildman–Crippen MR) is 76.7 cm³/mol. The van der Waals surface area contributed by atoms with E-state index in [1.165, 1.54) is 29.2 Å².